The number of phenols is 1. The predicted octanol–water partition coefficient (Wildman–Crippen LogP) is 6.80. The molecule has 0 fully saturated rings. The van der Waals surface area contributed by atoms with Gasteiger partial charge in [-0.1, -0.05) is 48.5 Å². The van der Waals surface area contributed by atoms with E-state index in [1.165, 1.54) is 22.8 Å². The molecule has 4 aromatic carbocycles. The van der Waals surface area contributed by atoms with Gasteiger partial charge in [0, 0.05) is 16.3 Å². The summed E-state index contributed by atoms with van der Waals surface area (Å²) in [6.07, 6.45) is 0. The maximum atomic E-state index is 13.7. The molecule has 5 rings (SSSR count). The Kier molecular flexibility index (Phi) is 6.22. The molecule has 0 atom stereocenters. The SMILES string of the molecule is Cc1cc(C)cc(-n2c(O)c3ccccc3c(N=Nc3cccc(-c4cccc(C(=O)O)c4)c3O)c2=O)c1. The maximum absolute atomic E-state index is 13.7. The number of aromatic nitrogens is 1. The average molecular weight is 506 g/mol. The molecule has 0 spiro atoms. The van der Waals surface area contributed by atoms with Crippen molar-refractivity contribution in [1.82, 2.24) is 4.57 Å². The van der Waals surface area contributed by atoms with E-state index >= 15 is 0 Å². The first kappa shape index (κ1) is 24.5. The van der Waals surface area contributed by atoms with E-state index in [2.05, 4.69) is 10.2 Å². The molecule has 38 heavy (non-hydrogen) atoms. The van der Waals surface area contributed by atoms with Crippen LogP contribution < -0.4 is 5.56 Å². The quantitative estimate of drug-likeness (QED) is 0.227. The highest BCUT2D eigenvalue weighted by atomic mass is 16.4. The number of aromatic carboxylic acids is 1. The first-order valence-electron chi connectivity index (χ1n) is 11.8. The molecular formula is C30H23N3O5. The van der Waals surface area contributed by atoms with E-state index in [-0.39, 0.29) is 28.6 Å². The second-order valence-corrected chi connectivity index (χ2v) is 8.96. The fraction of sp³-hybridized carbons (Fsp3) is 0.0667. The van der Waals surface area contributed by atoms with Crippen LogP contribution >= 0.6 is 0 Å². The predicted molar refractivity (Wildman–Crippen MR) is 145 cm³/mol. The van der Waals surface area contributed by atoms with Crippen LogP contribution in [-0.4, -0.2) is 25.9 Å². The molecule has 1 heterocycles. The van der Waals surface area contributed by atoms with Crippen molar-refractivity contribution in [1.29, 1.82) is 0 Å². The normalized spacial score (nSPS) is 11.3. The van der Waals surface area contributed by atoms with E-state index in [9.17, 15) is 24.9 Å². The number of azo groups is 1. The zero-order valence-electron chi connectivity index (χ0n) is 20.6. The lowest BCUT2D eigenvalue weighted by molar-refractivity contribution is 0.0697. The Morgan fingerprint density at radius 3 is 2.18 bits per heavy atom. The number of fused-ring (bicyclic) bond motifs is 1. The zero-order chi connectivity index (χ0) is 27.0. The van der Waals surface area contributed by atoms with Gasteiger partial charge in [0.05, 0.1) is 11.3 Å². The number of rotatable bonds is 5. The highest BCUT2D eigenvalue weighted by molar-refractivity contribution is 5.95. The monoisotopic (exact) mass is 505 g/mol. The topological polar surface area (TPSA) is 124 Å². The van der Waals surface area contributed by atoms with Gasteiger partial charge >= 0.3 is 5.97 Å². The van der Waals surface area contributed by atoms with Crippen LogP contribution in [0.3, 0.4) is 0 Å². The minimum absolute atomic E-state index is 0.00441. The van der Waals surface area contributed by atoms with E-state index in [1.807, 2.05) is 19.9 Å². The summed E-state index contributed by atoms with van der Waals surface area (Å²) >= 11 is 0. The van der Waals surface area contributed by atoms with Crippen LogP contribution in [0, 0.1) is 13.8 Å². The number of benzene rings is 4. The molecule has 1 aromatic heterocycles. The summed E-state index contributed by atoms with van der Waals surface area (Å²) in [5.74, 6) is -1.50. The standard InChI is InChI=1S/C30H23N3O5/c1-17-13-18(2)15-21(14-17)33-28(35)24-10-4-3-9-23(24)26(29(33)36)32-31-25-12-6-11-22(27(25)34)19-7-5-8-20(16-19)30(37)38/h3-16,34-35H,1-2H3,(H,37,38). The van der Waals surface area contributed by atoms with Gasteiger partial charge in [0.1, 0.15) is 5.69 Å². The lowest BCUT2D eigenvalue weighted by atomic mass is 10.0. The molecule has 3 N–H and O–H groups in total. The highest BCUT2D eigenvalue weighted by Crippen LogP contribution is 2.39. The molecule has 5 aromatic rings. The molecule has 8 nitrogen and oxygen atoms in total. The van der Waals surface area contributed by atoms with Gasteiger partial charge < -0.3 is 15.3 Å². The van der Waals surface area contributed by atoms with Crippen molar-refractivity contribution in [3.05, 3.63) is 112 Å². The largest absolute Gasteiger partial charge is 0.505 e. The van der Waals surface area contributed by atoms with Crippen molar-refractivity contribution in [2.75, 3.05) is 0 Å². The van der Waals surface area contributed by atoms with Crippen molar-refractivity contribution in [3.63, 3.8) is 0 Å². The van der Waals surface area contributed by atoms with E-state index in [0.29, 0.717) is 27.6 Å². The van der Waals surface area contributed by atoms with Crippen LogP contribution in [-0.2, 0) is 0 Å². The summed E-state index contributed by atoms with van der Waals surface area (Å²) in [4.78, 5) is 25.0. The molecule has 0 aliphatic heterocycles. The van der Waals surface area contributed by atoms with E-state index in [4.69, 9.17) is 0 Å². The summed E-state index contributed by atoms with van der Waals surface area (Å²) in [6.45, 7) is 3.81. The number of aryl methyl sites for hydroxylation is 2. The summed E-state index contributed by atoms with van der Waals surface area (Å²) in [5.41, 5.74) is 2.81. The van der Waals surface area contributed by atoms with Crippen molar-refractivity contribution in [2.24, 2.45) is 10.2 Å². The van der Waals surface area contributed by atoms with Gasteiger partial charge in [0.2, 0.25) is 5.88 Å². The molecule has 0 radical (unpaired) electrons. The van der Waals surface area contributed by atoms with Gasteiger partial charge in [-0.2, -0.15) is 0 Å². The first-order chi connectivity index (χ1) is 18.2. The van der Waals surface area contributed by atoms with Crippen LogP contribution in [0.2, 0.25) is 0 Å². The molecule has 0 saturated carbocycles. The van der Waals surface area contributed by atoms with Crippen LogP contribution in [0.15, 0.2) is 100.0 Å². The number of hydrogen-bond donors (Lipinski definition) is 3. The lowest BCUT2D eigenvalue weighted by Gasteiger charge is -2.14. The van der Waals surface area contributed by atoms with Gasteiger partial charge in [0.25, 0.3) is 5.56 Å². The third-order valence-electron chi connectivity index (χ3n) is 6.20. The fourth-order valence-electron chi connectivity index (χ4n) is 4.51. The number of aromatic hydroxyl groups is 2. The summed E-state index contributed by atoms with van der Waals surface area (Å²) < 4.78 is 1.20. The molecule has 0 aliphatic carbocycles. The Bertz CT molecular complexity index is 1800. The highest BCUT2D eigenvalue weighted by Gasteiger charge is 2.18. The molecular weight excluding hydrogens is 482 g/mol. The van der Waals surface area contributed by atoms with Crippen molar-refractivity contribution >= 4 is 28.1 Å². The van der Waals surface area contributed by atoms with E-state index in [0.717, 1.165) is 11.1 Å². The average Bonchev–Trinajstić information content (AvgIpc) is 2.89. The van der Waals surface area contributed by atoms with Crippen LogP contribution in [0.25, 0.3) is 27.6 Å². The third-order valence-corrected chi connectivity index (χ3v) is 6.20. The molecule has 0 aliphatic rings. The molecule has 0 saturated heterocycles. The van der Waals surface area contributed by atoms with Crippen LogP contribution in [0.1, 0.15) is 21.5 Å². The maximum Gasteiger partial charge on any atom is 0.335 e. The molecule has 188 valence electrons. The first-order valence-corrected chi connectivity index (χ1v) is 11.8. The number of carboxylic acid groups (broad SMARTS) is 1. The van der Waals surface area contributed by atoms with Gasteiger partial charge in [0.15, 0.2) is 11.4 Å². The Labute approximate surface area is 217 Å². The zero-order valence-corrected chi connectivity index (χ0v) is 20.6. The smallest absolute Gasteiger partial charge is 0.335 e. The Morgan fingerprint density at radius 1 is 0.789 bits per heavy atom. The van der Waals surface area contributed by atoms with E-state index < -0.39 is 11.5 Å². The second kappa shape index (κ2) is 9.67. The van der Waals surface area contributed by atoms with E-state index in [1.54, 1.807) is 60.7 Å². The number of para-hydroxylation sites is 1. The van der Waals surface area contributed by atoms with Crippen molar-refractivity contribution in [3.8, 4) is 28.4 Å². The van der Waals surface area contributed by atoms with Crippen molar-refractivity contribution in [2.45, 2.75) is 13.8 Å². The summed E-state index contributed by atoms with van der Waals surface area (Å²) in [7, 11) is 0. The second-order valence-electron chi connectivity index (χ2n) is 8.96. The Morgan fingerprint density at radius 2 is 1.47 bits per heavy atom. The number of pyridine rings is 1. The van der Waals surface area contributed by atoms with Crippen LogP contribution in [0.4, 0.5) is 11.4 Å². The number of phenolic OH excluding ortho intramolecular Hbond substituents is 1. The van der Waals surface area contributed by atoms with Gasteiger partial charge in [-0.25, -0.2) is 9.36 Å². The third kappa shape index (κ3) is 4.39. The van der Waals surface area contributed by atoms with Gasteiger partial charge in [-0.15, -0.1) is 10.2 Å². The number of nitrogens with zero attached hydrogens (tertiary/aromatic N) is 3. The number of hydrogen-bond acceptors (Lipinski definition) is 6. The van der Waals surface area contributed by atoms with Crippen LogP contribution in [0.5, 0.6) is 11.6 Å². The summed E-state index contributed by atoms with van der Waals surface area (Å²) in [6, 6.07) is 23.4. The lowest BCUT2D eigenvalue weighted by Crippen LogP contribution is -2.18. The molecule has 0 amide bonds. The van der Waals surface area contributed by atoms with Gasteiger partial charge in [-0.05, 0) is 66.9 Å². The fourth-order valence-corrected chi connectivity index (χ4v) is 4.51. The van der Waals surface area contributed by atoms with Gasteiger partial charge in [-0.3, -0.25) is 4.79 Å². The minimum Gasteiger partial charge on any atom is -0.505 e. The Balaban J connectivity index is 1.67. The number of carboxylic acids is 1. The minimum atomic E-state index is -1.08. The summed E-state index contributed by atoms with van der Waals surface area (Å²) in [5, 5.41) is 40.6. The Hall–Kier alpha value is -5.24. The van der Waals surface area contributed by atoms with Crippen molar-refractivity contribution < 1.29 is 20.1 Å². The number of carbonyl (C=O) groups is 1. The molecule has 8 heteroatoms. The molecule has 0 bridgehead atoms. The molecule has 0 unspecified atom stereocenters.